The van der Waals surface area contributed by atoms with Crippen LogP contribution in [0, 0.1) is 0 Å². The first kappa shape index (κ1) is 23.8. The highest BCUT2D eigenvalue weighted by Gasteiger charge is 2.39. The molecule has 0 aromatic heterocycles. The first-order valence-corrected chi connectivity index (χ1v) is 11.9. The quantitative estimate of drug-likeness (QED) is 0.232. The van der Waals surface area contributed by atoms with Gasteiger partial charge in [0.25, 0.3) is 0 Å². The fourth-order valence-electron chi connectivity index (χ4n) is 3.24. The summed E-state index contributed by atoms with van der Waals surface area (Å²) in [5.41, 5.74) is 0. The van der Waals surface area contributed by atoms with Gasteiger partial charge >= 0.3 is 6.41 Å². The lowest BCUT2D eigenvalue weighted by molar-refractivity contribution is -0.0703. The standard InChI is InChI=1S/C24H31N4O3P/c1-26(2)32(27(3)4,25-31-23-19-13-8-14-20-23)28(5)24(29-21-15-9-6-10-16-21)30-22-17-11-7-12-18-22/h6-20,24H,1-5H3. The molecule has 0 spiro atoms. The van der Waals surface area contributed by atoms with Crippen LogP contribution in [0.1, 0.15) is 0 Å². The minimum absolute atomic E-state index is 0.665. The first-order chi connectivity index (χ1) is 15.4. The Balaban J connectivity index is 2.01. The second-order valence-electron chi connectivity index (χ2n) is 7.46. The molecule has 0 saturated carbocycles. The minimum Gasteiger partial charge on any atom is -0.441 e. The van der Waals surface area contributed by atoms with Gasteiger partial charge in [0.15, 0.2) is 5.75 Å². The van der Waals surface area contributed by atoms with E-state index in [1.165, 1.54) is 0 Å². The summed E-state index contributed by atoms with van der Waals surface area (Å²) in [5, 5.41) is 0. The van der Waals surface area contributed by atoms with Crippen LogP contribution in [0.4, 0.5) is 0 Å². The summed E-state index contributed by atoms with van der Waals surface area (Å²) in [4.78, 5) is 10.7. The Morgan fingerprint density at radius 2 is 0.969 bits per heavy atom. The van der Waals surface area contributed by atoms with Crippen molar-refractivity contribution in [3.8, 4) is 17.2 Å². The summed E-state index contributed by atoms with van der Waals surface area (Å²) in [6, 6.07) is 28.7. The third-order valence-electron chi connectivity index (χ3n) is 4.76. The second kappa shape index (κ2) is 11.2. The molecule has 0 fully saturated rings. The van der Waals surface area contributed by atoms with E-state index in [1.54, 1.807) is 0 Å². The van der Waals surface area contributed by atoms with E-state index in [4.69, 9.17) is 19.2 Å². The van der Waals surface area contributed by atoms with E-state index in [1.807, 2.05) is 140 Å². The van der Waals surface area contributed by atoms with Gasteiger partial charge in [-0.1, -0.05) is 59.5 Å². The SMILES string of the molecule is CN(C)P(=NOc1ccccc1)(N(C)C)N(C)C(Oc1ccccc1)Oc1ccccc1. The minimum atomic E-state index is -2.57. The lowest BCUT2D eigenvalue weighted by atomic mass is 10.3. The molecule has 0 radical (unpaired) electrons. The molecule has 0 aliphatic heterocycles. The van der Waals surface area contributed by atoms with Crippen molar-refractivity contribution < 1.29 is 14.3 Å². The van der Waals surface area contributed by atoms with Gasteiger partial charge in [-0.3, -0.25) is 0 Å². The third kappa shape index (κ3) is 5.69. The number of ether oxygens (including phenoxy) is 2. The summed E-state index contributed by atoms with van der Waals surface area (Å²) in [5.74, 6) is 2.05. The number of nitrogens with zero attached hydrogens (tertiary/aromatic N) is 4. The monoisotopic (exact) mass is 454 g/mol. The average Bonchev–Trinajstić information content (AvgIpc) is 2.80. The van der Waals surface area contributed by atoms with Crippen LogP contribution in [0.3, 0.4) is 0 Å². The van der Waals surface area contributed by atoms with Gasteiger partial charge < -0.3 is 14.3 Å². The number of hydrogen-bond donors (Lipinski definition) is 0. The molecule has 8 heteroatoms. The zero-order chi connectivity index (χ0) is 23.0. The van der Waals surface area contributed by atoms with Gasteiger partial charge in [0.2, 0.25) is 7.51 Å². The molecule has 3 aromatic carbocycles. The Kier molecular flexibility index (Phi) is 8.31. The van der Waals surface area contributed by atoms with Crippen molar-refractivity contribution >= 4 is 7.51 Å². The van der Waals surface area contributed by atoms with Crippen LogP contribution in [0.15, 0.2) is 95.9 Å². The molecule has 0 aliphatic carbocycles. The van der Waals surface area contributed by atoms with E-state index in [-0.39, 0.29) is 0 Å². The van der Waals surface area contributed by atoms with Crippen LogP contribution in [0.5, 0.6) is 17.2 Å². The molecular weight excluding hydrogens is 423 g/mol. The molecule has 3 rings (SSSR count). The first-order valence-electron chi connectivity index (χ1n) is 10.3. The van der Waals surface area contributed by atoms with Crippen molar-refractivity contribution in [3.05, 3.63) is 91.0 Å². The van der Waals surface area contributed by atoms with E-state index in [0.717, 1.165) is 0 Å². The molecule has 0 atom stereocenters. The molecule has 0 bridgehead atoms. The summed E-state index contributed by atoms with van der Waals surface area (Å²) < 4.78 is 18.7. The van der Waals surface area contributed by atoms with E-state index in [9.17, 15) is 0 Å². The van der Waals surface area contributed by atoms with Gasteiger partial charge in [-0.2, -0.15) is 4.67 Å². The molecule has 3 aromatic rings. The van der Waals surface area contributed by atoms with Gasteiger partial charge in [0, 0.05) is 7.05 Å². The van der Waals surface area contributed by atoms with Gasteiger partial charge in [0.1, 0.15) is 11.5 Å². The zero-order valence-corrected chi connectivity index (χ0v) is 20.1. The smallest absolute Gasteiger partial charge is 0.310 e. The van der Waals surface area contributed by atoms with Crippen molar-refractivity contribution in [2.75, 3.05) is 35.2 Å². The maximum Gasteiger partial charge on any atom is 0.310 e. The second-order valence-corrected chi connectivity index (χ2v) is 10.9. The van der Waals surface area contributed by atoms with Crippen molar-refractivity contribution in [3.63, 3.8) is 0 Å². The van der Waals surface area contributed by atoms with Crippen LogP contribution in [-0.2, 0) is 0 Å². The highest BCUT2D eigenvalue weighted by molar-refractivity contribution is 7.58. The summed E-state index contributed by atoms with van der Waals surface area (Å²) >= 11 is 0. The highest BCUT2D eigenvalue weighted by Crippen LogP contribution is 2.57. The fraction of sp³-hybridized carbons (Fsp3) is 0.250. The predicted octanol–water partition coefficient (Wildman–Crippen LogP) is 5.42. The summed E-state index contributed by atoms with van der Waals surface area (Å²) in [6.07, 6.45) is -0.763. The average molecular weight is 455 g/mol. The van der Waals surface area contributed by atoms with Crippen LogP contribution < -0.4 is 14.3 Å². The van der Waals surface area contributed by atoms with E-state index in [0.29, 0.717) is 17.2 Å². The molecule has 0 unspecified atom stereocenters. The topological polar surface area (TPSA) is 49.8 Å². The predicted molar refractivity (Wildman–Crippen MR) is 129 cm³/mol. The largest absolute Gasteiger partial charge is 0.441 e. The fourth-order valence-corrected chi connectivity index (χ4v) is 6.05. The normalized spacial score (nSPS) is 11.8. The van der Waals surface area contributed by atoms with Gasteiger partial charge in [-0.15, -0.1) is 0 Å². The zero-order valence-electron chi connectivity index (χ0n) is 19.2. The Bertz CT molecular complexity index is 948. The van der Waals surface area contributed by atoms with Crippen molar-refractivity contribution in [1.29, 1.82) is 0 Å². The van der Waals surface area contributed by atoms with Crippen molar-refractivity contribution in [2.45, 2.75) is 6.41 Å². The molecule has 32 heavy (non-hydrogen) atoms. The number of para-hydroxylation sites is 3. The Hall–Kier alpha value is -2.83. The molecule has 0 saturated heterocycles. The Labute approximate surface area is 190 Å². The van der Waals surface area contributed by atoms with Crippen molar-refractivity contribution in [2.24, 2.45) is 4.91 Å². The Morgan fingerprint density at radius 1 is 0.594 bits per heavy atom. The molecular formula is C24H31N4O3P. The van der Waals surface area contributed by atoms with E-state index < -0.39 is 13.9 Å². The highest BCUT2D eigenvalue weighted by atomic mass is 31.2. The van der Waals surface area contributed by atoms with Gasteiger partial charge in [-0.05, 0) is 64.6 Å². The van der Waals surface area contributed by atoms with Crippen LogP contribution in [0.25, 0.3) is 0 Å². The number of hydrogen-bond acceptors (Lipinski definition) is 4. The number of rotatable bonds is 10. The molecule has 0 aliphatic rings. The van der Waals surface area contributed by atoms with Gasteiger partial charge in [0.05, 0.1) is 0 Å². The lowest BCUT2D eigenvalue weighted by Gasteiger charge is -2.43. The Morgan fingerprint density at radius 3 is 1.34 bits per heavy atom. The van der Waals surface area contributed by atoms with Gasteiger partial charge in [-0.25, -0.2) is 9.34 Å². The molecule has 0 amide bonds. The molecule has 7 nitrogen and oxygen atoms in total. The number of benzene rings is 3. The maximum absolute atomic E-state index is 6.30. The maximum atomic E-state index is 6.30. The molecule has 170 valence electrons. The van der Waals surface area contributed by atoms with Crippen LogP contribution >= 0.6 is 7.51 Å². The summed E-state index contributed by atoms with van der Waals surface area (Å²) in [7, 11) is 7.26. The lowest BCUT2D eigenvalue weighted by Crippen LogP contribution is -2.45. The van der Waals surface area contributed by atoms with Crippen LogP contribution in [0.2, 0.25) is 0 Å². The molecule has 0 N–H and O–H groups in total. The summed E-state index contributed by atoms with van der Waals surface area (Å²) in [6.45, 7) is 0. The van der Waals surface area contributed by atoms with E-state index >= 15 is 0 Å². The van der Waals surface area contributed by atoms with E-state index in [2.05, 4.69) is 0 Å². The third-order valence-corrected chi connectivity index (χ3v) is 8.24. The van der Waals surface area contributed by atoms with Crippen molar-refractivity contribution in [1.82, 2.24) is 14.0 Å². The van der Waals surface area contributed by atoms with Crippen LogP contribution in [-0.4, -0.2) is 55.7 Å². The molecule has 0 heterocycles.